The molecule has 0 aliphatic rings. The van der Waals surface area contributed by atoms with Gasteiger partial charge in [-0.1, -0.05) is 31.9 Å². The summed E-state index contributed by atoms with van der Waals surface area (Å²) in [5.74, 6) is 0.00410. The van der Waals surface area contributed by atoms with Gasteiger partial charge in [0.2, 0.25) is 0 Å². The van der Waals surface area contributed by atoms with E-state index in [9.17, 15) is 4.79 Å². The van der Waals surface area contributed by atoms with Crippen LogP contribution in [0.2, 0.25) is 0 Å². The summed E-state index contributed by atoms with van der Waals surface area (Å²) >= 11 is 6.71. The Balaban J connectivity index is 2.46. The van der Waals surface area contributed by atoms with Crippen molar-refractivity contribution in [1.29, 1.82) is 0 Å². The molecule has 0 amide bonds. The zero-order chi connectivity index (χ0) is 10.8. The molecule has 0 aliphatic heterocycles. The van der Waals surface area contributed by atoms with Gasteiger partial charge in [-0.05, 0) is 24.3 Å². The molecule has 2 aromatic rings. The van der Waals surface area contributed by atoms with Crippen LogP contribution in [0.5, 0.6) is 0 Å². The van der Waals surface area contributed by atoms with Crippen molar-refractivity contribution in [3.63, 3.8) is 0 Å². The fourth-order valence-electron chi connectivity index (χ4n) is 1.29. The van der Waals surface area contributed by atoms with Gasteiger partial charge in [-0.15, -0.1) is 0 Å². The molecule has 2 rings (SSSR count). The van der Waals surface area contributed by atoms with Crippen molar-refractivity contribution in [2.45, 2.75) is 0 Å². The molecule has 15 heavy (non-hydrogen) atoms. The van der Waals surface area contributed by atoms with Gasteiger partial charge < -0.3 is 4.98 Å². The zero-order valence-corrected chi connectivity index (χ0v) is 10.8. The summed E-state index contributed by atoms with van der Waals surface area (Å²) < 4.78 is 1.70. The Bertz CT molecular complexity index is 491. The highest BCUT2D eigenvalue weighted by atomic mass is 79.9. The number of carbonyl (C=O) groups is 1. The van der Waals surface area contributed by atoms with E-state index in [1.165, 1.54) is 0 Å². The first-order valence-electron chi connectivity index (χ1n) is 4.31. The number of hydrogen-bond acceptors (Lipinski definition) is 1. The molecule has 0 atom stereocenters. The third kappa shape index (κ3) is 2.21. The smallest absolute Gasteiger partial charge is 0.195 e. The van der Waals surface area contributed by atoms with Crippen LogP contribution in [-0.2, 0) is 0 Å². The van der Waals surface area contributed by atoms with E-state index in [2.05, 4.69) is 36.8 Å². The van der Waals surface area contributed by atoms with Crippen LogP contribution in [0.15, 0.2) is 45.6 Å². The van der Waals surface area contributed by atoms with E-state index in [4.69, 9.17) is 0 Å². The maximum Gasteiger partial charge on any atom is 0.195 e. The molecule has 76 valence electrons. The summed E-state index contributed by atoms with van der Waals surface area (Å²) in [6.07, 6.45) is 3.43. The van der Waals surface area contributed by atoms with Gasteiger partial charge in [0.05, 0.1) is 0 Å². The molecule has 0 radical (unpaired) electrons. The number of carbonyl (C=O) groups excluding carboxylic acids is 1. The van der Waals surface area contributed by atoms with Gasteiger partial charge in [0.15, 0.2) is 5.78 Å². The third-order valence-electron chi connectivity index (χ3n) is 2.03. The van der Waals surface area contributed by atoms with E-state index >= 15 is 0 Å². The van der Waals surface area contributed by atoms with Crippen LogP contribution in [0.25, 0.3) is 0 Å². The average molecular weight is 329 g/mol. The minimum absolute atomic E-state index is 0.00410. The van der Waals surface area contributed by atoms with Gasteiger partial charge in [0, 0.05) is 32.5 Å². The van der Waals surface area contributed by atoms with E-state index in [1.807, 2.05) is 12.1 Å². The fourth-order valence-corrected chi connectivity index (χ4v) is 2.08. The zero-order valence-electron chi connectivity index (χ0n) is 7.63. The number of halogens is 2. The minimum Gasteiger partial charge on any atom is -0.367 e. The first-order valence-corrected chi connectivity index (χ1v) is 5.89. The molecule has 0 saturated heterocycles. The van der Waals surface area contributed by atoms with Crippen LogP contribution in [-0.4, -0.2) is 10.8 Å². The number of aromatic amines is 1. The molecule has 2 nitrogen and oxygen atoms in total. The van der Waals surface area contributed by atoms with Gasteiger partial charge in [-0.2, -0.15) is 0 Å². The van der Waals surface area contributed by atoms with Gasteiger partial charge in [-0.3, -0.25) is 4.79 Å². The largest absolute Gasteiger partial charge is 0.367 e. The molecule has 1 N–H and O–H groups in total. The van der Waals surface area contributed by atoms with Crippen LogP contribution in [0, 0.1) is 0 Å². The SMILES string of the molecule is O=C(c1cc[nH]c1)c1cc(Br)ccc1Br. The van der Waals surface area contributed by atoms with Crippen molar-refractivity contribution in [3.8, 4) is 0 Å². The second-order valence-corrected chi connectivity index (χ2v) is 4.82. The molecule has 1 aromatic heterocycles. The number of H-pyrrole nitrogens is 1. The predicted octanol–water partition coefficient (Wildman–Crippen LogP) is 3.77. The fraction of sp³-hybridized carbons (Fsp3) is 0. The number of rotatable bonds is 2. The van der Waals surface area contributed by atoms with Gasteiger partial charge in [0.25, 0.3) is 0 Å². The van der Waals surface area contributed by atoms with E-state index in [0.717, 1.165) is 8.95 Å². The van der Waals surface area contributed by atoms with Crippen molar-refractivity contribution in [1.82, 2.24) is 4.98 Å². The van der Waals surface area contributed by atoms with Crippen LogP contribution in [0.1, 0.15) is 15.9 Å². The summed E-state index contributed by atoms with van der Waals surface area (Å²) in [6.45, 7) is 0. The standard InChI is InChI=1S/C11H7Br2NO/c12-8-1-2-10(13)9(5-8)11(15)7-3-4-14-6-7/h1-6,14H. The van der Waals surface area contributed by atoms with Crippen molar-refractivity contribution in [2.24, 2.45) is 0 Å². The third-order valence-corrected chi connectivity index (χ3v) is 3.22. The second kappa shape index (κ2) is 4.33. The van der Waals surface area contributed by atoms with Crippen LogP contribution >= 0.6 is 31.9 Å². The quantitative estimate of drug-likeness (QED) is 0.836. The van der Waals surface area contributed by atoms with Gasteiger partial charge in [0.1, 0.15) is 0 Å². The maximum absolute atomic E-state index is 12.0. The number of aromatic nitrogens is 1. The van der Waals surface area contributed by atoms with Gasteiger partial charge in [-0.25, -0.2) is 0 Å². The van der Waals surface area contributed by atoms with Crippen molar-refractivity contribution < 1.29 is 4.79 Å². The van der Waals surface area contributed by atoms with Crippen LogP contribution in [0.4, 0.5) is 0 Å². The average Bonchev–Trinajstić information content (AvgIpc) is 2.74. The highest BCUT2D eigenvalue weighted by Crippen LogP contribution is 2.23. The van der Waals surface area contributed by atoms with Crippen LogP contribution in [0.3, 0.4) is 0 Å². The molecule has 0 aliphatic carbocycles. The Kier molecular flexibility index (Phi) is 3.07. The number of nitrogens with one attached hydrogen (secondary N) is 1. The van der Waals surface area contributed by atoms with Gasteiger partial charge >= 0.3 is 0 Å². The van der Waals surface area contributed by atoms with E-state index < -0.39 is 0 Å². The summed E-state index contributed by atoms with van der Waals surface area (Å²) in [6, 6.07) is 7.30. The first kappa shape index (κ1) is 10.6. The highest BCUT2D eigenvalue weighted by molar-refractivity contribution is 9.11. The highest BCUT2D eigenvalue weighted by Gasteiger charge is 2.12. The molecule has 1 aromatic carbocycles. The molecular weight excluding hydrogens is 322 g/mol. The minimum atomic E-state index is 0.00410. The lowest BCUT2D eigenvalue weighted by atomic mass is 10.1. The Morgan fingerprint density at radius 3 is 2.67 bits per heavy atom. The van der Waals surface area contributed by atoms with E-state index in [1.54, 1.807) is 24.5 Å². The topological polar surface area (TPSA) is 32.9 Å². The van der Waals surface area contributed by atoms with Crippen LogP contribution < -0.4 is 0 Å². The Morgan fingerprint density at radius 1 is 1.20 bits per heavy atom. The summed E-state index contributed by atoms with van der Waals surface area (Å²) in [4.78, 5) is 14.9. The normalized spacial score (nSPS) is 10.3. The monoisotopic (exact) mass is 327 g/mol. The lowest BCUT2D eigenvalue weighted by Crippen LogP contribution is -2.00. The molecule has 1 heterocycles. The van der Waals surface area contributed by atoms with Crippen molar-refractivity contribution >= 4 is 37.6 Å². The Morgan fingerprint density at radius 2 is 2.00 bits per heavy atom. The number of hydrogen-bond donors (Lipinski definition) is 1. The van der Waals surface area contributed by atoms with Crippen molar-refractivity contribution in [3.05, 3.63) is 56.7 Å². The Labute approximate surface area is 104 Å². The molecule has 0 spiro atoms. The number of benzene rings is 1. The van der Waals surface area contributed by atoms with E-state index in [-0.39, 0.29) is 5.78 Å². The molecule has 0 unspecified atom stereocenters. The number of ketones is 1. The molecule has 4 heteroatoms. The molecular formula is C11H7Br2NO. The van der Waals surface area contributed by atoms with E-state index in [0.29, 0.717) is 11.1 Å². The Hall–Kier alpha value is -0.870. The second-order valence-electron chi connectivity index (χ2n) is 3.05. The molecule has 0 fully saturated rings. The first-order chi connectivity index (χ1) is 7.18. The maximum atomic E-state index is 12.0. The summed E-state index contributed by atoms with van der Waals surface area (Å²) in [5, 5.41) is 0. The lowest BCUT2D eigenvalue weighted by Gasteiger charge is -2.02. The summed E-state index contributed by atoms with van der Waals surface area (Å²) in [5.41, 5.74) is 1.32. The molecule has 0 bridgehead atoms. The van der Waals surface area contributed by atoms with Crippen molar-refractivity contribution in [2.75, 3.05) is 0 Å². The molecule has 0 saturated carbocycles. The summed E-state index contributed by atoms with van der Waals surface area (Å²) in [7, 11) is 0. The predicted molar refractivity (Wildman–Crippen MR) is 66.1 cm³/mol. The lowest BCUT2D eigenvalue weighted by molar-refractivity contribution is 0.103.